The Labute approximate surface area is 92.8 Å². The Balaban J connectivity index is 0. The Bertz CT molecular complexity index is 400. The van der Waals surface area contributed by atoms with Crippen molar-refractivity contribution in [1.82, 2.24) is 0 Å². The van der Waals surface area contributed by atoms with Gasteiger partial charge in [0.25, 0.3) is 10.1 Å². The molecular formula is C8H12N2O5S. The number of carbonyl (C=O) groups excluding carboxylic acids is 2. The number of amides is 2. The van der Waals surface area contributed by atoms with Gasteiger partial charge >= 0.3 is 6.03 Å². The Hall–Kier alpha value is -1.93. The normalized spacial score (nSPS) is 8.81. The van der Waals surface area contributed by atoms with Crippen LogP contribution in [-0.4, -0.2) is 25.8 Å². The first kappa shape index (κ1) is 16.5. The van der Waals surface area contributed by atoms with Gasteiger partial charge in [0.15, 0.2) is 0 Å². The van der Waals surface area contributed by atoms with Crippen molar-refractivity contribution in [2.45, 2.75) is 4.90 Å². The number of primary amides is 2. The SMILES string of the molecule is C=O.NC(N)=O.O=S(=O)(O)c1ccccc1. The highest BCUT2D eigenvalue weighted by atomic mass is 32.2. The number of urea groups is 1. The highest BCUT2D eigenvalue weighted by Gasteiger charge is 2.05. The van der Waals surface area contributed by atoms with Crippen LogP contribution in [0.2, 0.25) is 0 Å². The van der Waals surface area contributed by atoms with E-state index in [4.69, 9.17) is 14.1 Å². The topological polar surface area (TPSA) is 141 Å². The first-order valence-corrected chi connectivity index (χ1v) is 5.14. The van der Waals surface area contributed by atoms with E-state index in [1.54, 1.807) is 18.2 Å². The molecule has 0 aromatic heterocycles. The molecule has 0 unspecified atom stereocenters. The molecule has 5 N–H and O–H groups in total. The highest BCUT2D eigenvalue weighted by Crippen LogP contribution is 2.05. The molecule has 0 heterocycles. The third-order valence-corrected chi connectivity index (χ3v) is 1.91. The molecule has 0 aliphatic heterocycles. The monoisotopic (exact) mass is 248 g/mol. The minimum absolute atomic E-state index is 0.0741. The standard InChI is InChI=1S/C6H6O3S.CH4N2O.CH2O/c7-10(8,9)6-4-2-1-3-5-6;2-1(3)4;1-2/h1-5H,(H,7,8,9);(H4,2,3,4);1H2. The number of hydrogen-bond donors (Lipinski definition) is 3. The van der Waals surface area contributed by atoms with Crippen LogP contribution in [0.25, 0.3) is 0 Å². The van der Waals surface area contributed by atoms with Gasteiger partial charge in [0.2, 0.25) is 0 Å². The van der Waals surface area contributed by atoms with Crippen LogP contribution in [0.5, 0.6) is 0 Å². The molecule has 0 saturated carbocycles. The van der Waals surface area contributed by atoms with Gasteiger partial charge in [-0.05, 0) is 12.1 Å². The van der Waals surface area contributed by atoms with E-state index >= 15 is 0 Å². The molecule has 1 aromatic rings. The maximum absolute atomic E-state index is 10.4. The molecule has 1 aromatic carbocycles. The first-order chi connectivity index (χ1) is 7.34. The van der Waals surface area contributed by atoms with E-state index in [1.165, 1.54) is 12.1 Å². The molecule has 0 atom stereocenters. The van der Waals surface area contributed by atoms with E-state index in [-0.39, 0.29) is 4.90 Å². The summed E-state index contributed by atoms with van der Waals surface area (Å²) in [5, 5.41) is 0. The average Bonchev–Trinajstić information content (AvgIpc) is 2.20. The van der Waals surface area contributed by atoms with Gasteiger partial charge in [-0.1, -0.05) is 18.2 Å². The number of nitrogens with two attached hydrogens (primary N) is 2. The van der Waals surface area contributed by atoms with E-state index < -0.39 is 16.1 Å². The third kappa shape index (κ3) is 10.2. The van der Waals surface area contributed by atoms with Crippen LogP contribution >= 0.6 is 0 Å². The molecule has 7 nitrogen and oxygen atoms in total. The number of rotatable bonds is 1. The maximum Gasteiger partial charge on any atom is 0.309 e. The highest BCUT2D eigenvalue weighted by molar-refractivity contribution is 7.85. The zero-order valence-electron chi connectivity index (χ0n) is 8.24. The van der Waals surface area contributed by atoms with Gasteiger partial charge in [-0.15, -0.1) is 0 Å². The van der Waals surface area contributed by atoms with Gasteiger partial charge in [0.1, 0.15) is 6.79 Å². The van der Waals surface area contributed by atoms with Crippen molar-refractivity contribution >= 4 is 22.9 Å². The summed E-state index contributed by atoms with van der Waals surface area (Å²) < 4.78 is 29.2. The van der Waals surface area contributed by atoms with E-state index in [0.29, 0.717) is 0 Å². The molecule has 0 bridgehead atoms. The molecule has 0 aliphatic carbocycles. The van der Waals surface area contributed by atoms with Crippen LogP contribution < -0.4 is 11.5 Å². The van der Waals surface area contributed by atoms with Crippen molar-refractivity contribution < 1.29 is 22.6 Å². The van der Waals surface area contributed by atoms with E-state index in [1.807, 2.05) is 6.79 Å². The molecule has 0 fully saturated rings. The molecular weight excluding hydrogens is 236 g/mol. The molecule has 0 saturated heterocycles. The Morgan fingerprint density at radius 2 is 1.44 bits per heavy atom. The van der Waals surface area contributed by atoms with Crippen LogP contribution in [0, 0.1) is 0 Å². The lowest BCUT2D eigenvalue weighted by molar-refractivity contribution is -0.0980. The van der Waals surface area contributed by atoms with Gasteiger partial charge < -0.3 is 16.3 Å². The van der Waals surface area contributed by atoms with Crippen molar-refractivity contribution in [2.24, 2.45) is 11.5 Å². The summed E-state index contributed by atoms with van der Waals surface area (Å²) >= 11 is 0. The number of benzene rings is 1. The quantitative estimate of drug-likeness (QED) is 0.589. The summed E-state index contributed by atoms with van der Waals surface area (Å²) in [6.07, 6.45) is 0. The molecule has 8 heteroatoms. The first-order valence-electron chi connectivity index (χ1n) is 3.70. The largest absolute Gasteiger partial charge is 0.352 e. The van der Waals surface area contributed by atoms with Gasteiger partial charge in [0, 0.05) is 0 Å². The predicted molar refractivity (Wildman–Crippen MR) is 57.1 cm³/mol. The molecule has 0 spiro atoms. The zero-order chi connectivity index (χ0) is 13.2. The fourth-order valence-corrected chi connectivity index (χ4v) is 1.09. The van der Waals surface area contributed by atoms with Gasteiger partial charge in [-0.3, -0.25) is 4.55 Å². The van der Waals surface area contributed by atoms with Crippen LogP contribution in [0.15, 0.2) is 35.2 Å². The zero-order valence-corrected chi connectivity index (χ0v) is 9.05. The fourth-order valence-electron chi connectivity index (χ4n) is 0.592. The lowest BCUT2D eigenvalue weighted by Crippen LogP contribution is -2.18. The smallest absolute Gasteiger partial charge is 0.309 e. The molecule has 0 aliphatic rings. The van der Waals surface area contributed by atoms with Crippen molar-refractivity contribution in [3.63, 3.8) is 0 Å². The summed E-state index contributed by atoms with van der Waals surface area (Å²) in [5.41, 5.74) is 8.50. The van der Waals surface area contributed by atoms with Gasteiger partial charge in [-0.2, -0.15) is 8.42 Å². The summed E-state index contributed by atoms with van der Waals surface area (Å²) in [6, 6.07) is 6.59. The van der Waals surface area contributed by atoms with Crippen LogP contribution in [-0.2, 0) is 14.9 Å². The van der Waals surface area contributed by atoms with Crippen LogP contribution in [0.1, 0.15) is 0 Å². The second-order valence-corrected chi connectivity index (χ2v) is 3.61. The van der Waals surface area contributed by atoms with Crippen molar-refractivity contribution in [3.8, 4) is 0 Å². The minimum atomic E-state index is -4.00. The fraction of sp³-hybridized carbons (Fsp3) is 0. The predicted octanol–water partition coefficient (Wildman–Crippen LogP) is -0.228. The van der Waals surface area contributed by atoms with Crippen LogP contribution in [0.3, 0.4) is 0 Å². The minimum Gasteiger partial charge on any atom is -0.352 e. The Morgan fingerprint density at radius 1 is 1.12 bits per heavy atom. The Morgan fingerprint density at radius 3 is 1.62 bits per heavy atom. The molecule has 16 heavy (non-hydrogen) atoms. The summed E-state index contributed by atoms with van der Waals surface area (Å²) in [7, 11) is -4.00. The molecule has 1 rings (SSSR count). The molecule has 90 valence electrons. The number of hydrogen-bond acceptors (Lipinski definition) is 4. The van der Waals surface area contributed by atoms with E-state index in [2.05, 4.69) is 11.5 Å². The Kier molecular flexibility index (Phi) is 8.65. The van der Waals surface area contributed by atoms with Gasteiger partial charge in [-0.25, -0.2) is 4.79 Å². The second-order valence-electron chi connectivity index (χ2n) is 2.19. The maximum atomic E-state index is 10.4. The van der Waals surface area contributed by atoms with E-state index in [0.717, 1.165) is 0 Å². The number of carbonyl (C=O) groups is 2. The van der Waals surface area contributed by atoms with Crippen molar-refractivity contribution in [3.05, 3.63) is 30.3 Å². The second kappa shape index (κ2) is 8.38. The molecule has 2 amide bonds. The van der Waals surface area contributed by atoms with Crippen molar-refractivity contribution in [2.75, 3.05) is 0 Å². The lowest BCUT2D eigenvalue weighted by Gasteiger charge is -1.92. The average molecular weight is 248 g/mol. The van der Waals surface area contributed by atoms with Gasteiger partial charge in [0.05, 0.1) is 4.90 Å². The lowest BCUT2D eigenvalue weighted by atomic mass is 10.4. The van der Waals surface area contributed by atoms with Crippen molar-refractivity contribution in [1.29, 1.82) is 0 Å². The summed E-state index contributed by atoms with van der Waals surface area (Å²) in [5.74, 6) is 0. The third-order valence-electron chi connectivity index (χ3n) is 1.04. The summed E-state index contributed by atoms with van der Waals surface area (Å²) in [6.45, 7) is 2.00. The molecule has 0 radical (unpaired) electrons. The van der Waals surface area contributed by atoms with Crippen LogP contribution in [0.4, 0.5) is 4.79 Å². The summed E-state index contributed by atoms with van der Waals surface area (Å²) in [4.78, 5) is 16.9. The van der Waals surface area contributed by atoms with E-state index in [9.17, 15) is 8.42 Å².